The Labute approximate surface area is 109 Å². The molecule has 2 rings (SSSR count). The molecule has 5 nitrogen and oxygen atoms in total. The van der Waals surface area contributed by atoms with Gasteiger partial charge in [-0.15, -0.1) is 0 Å². The number of aromatic carboxylic acids is 1. The molecule has 0 aromatic heterocycles. The van der Waals surface area contributed by atoms with Crippen molar-refractivity contribution in [2.45, 2.75) is 0 Å². The van der Waals surface area contributed by atoms with Crippen LogP contribution in [0.3, 0.4) is 0 Å². The van der Waals surface area contributed by atoms with Crippen molar-refractivity contribution < 1.29 is 19.4 Å². The van der Waals surface area contributed by atoms with Crippen molar-refractivity contribution in [1.29, 1.82) is 0 Å². The van der Waals surface area contributed by atoms with Crippen LogP contribution < -0.4 is 10.5 Å². The van der Waals surface area contributed by atoms with E-state index >= 15 is 0 Å². The number of hydrogen-bond donors (Lipinski definition) is 2. The van der Waals surface area contributed by atoms with E-state index in [1.165, 1.54) is 18.2 Å². The zero-order valence-electron chi connectivity index (χ0n) is 9.87. The highest BCUT2D eigenvalue weighted by Crippen LogP contribution is 2.27. The topological polar surface area (TPSA) is 89.6 Å². The molecular formula is C14H11NO4. The molecule has 0 aliphatic rings. The Morgan fingerprint density at radius 3 is 1.89 bits per heavy atom. The number of hydrogen-bond acceptors (Lipinski definition) is 3. The van der Waals surface area contributed by atoms with Gasteiger partial charge in [-0.25, -0.2) is 4.79 Å². The van der Waals surface area contributed by atoms with Gasteiger partial charge in [-0.05, 0) is 24.3 Å². The Morgan fingerprint density at radius 2 is 1.37 bits per heavy atom. The van der Waals surface area contributed by atoms with Gasteiger partial charge in [0, 0.05) is 0 Å². The van der Waals surface area contributed by atoms with Gasteiger partial charge in [-0.1, -0.05) is 24.3 Å². The first kappa shape index (κ1) is 12.6. The van der Waals surface area contributed by atoms with Gasteiger partial charge in [0.2, 0.25) is 0 Å². The van der Waals surface area contributed by atoms with Crippen LogP contribution in [0.2, 0.25) is 0 Å². The zero-order chi connectivity index (χ0) is 13.8. The van der Waals surface area contributed by atoms with E-state index in [9.17, 15) is 9.59 Å². The molecule has 0 fully saturated rings. The number of carbonyl (C=O) groups is 2. The standard InChI is InChI=1S/C14H11NO4/c15-13(16)9-5-1-3-7-11(9)19-12-8-4-2-6-10(12)14(17)18/h1-8H,(H2,15,16)(H,17,18). The monoisotopic (exact) mass is 257 g/mol. The summed E-state index contributed by atoms with van der Waals surface area (Å²) in [7, 11) is 0. The molecule has 19 heavy (non-hydrogen) atoms. The predicted octanol–water partition coefficient (Wildman–Crippen LogP) is 2.28. The van der Waals surface area contributed by atoms with E-state index < -0.39 is 11.9 Å². The number of ether oxygens (including phenoxy) is 1. The Morgan fingerprint density at radius 1 is 0.895 bits per heavy atom. The fraction of sp³-hybridized carbons (Fsp3) is 0. The molecule has 0 aliphatic heterocycles. The van der Waals surface area contributed by atoms with Crippen molar-refractivity contribution in [1.82, 2.24) is 0 Å². The lowest BCUT2D eigenvalue weighted by atomic mass is 10.1. The van der Waals surface area contributed by atoms with Crippen LogP contribution in [0.4, 0.5) is 0 Å². The lowest BCUT2D eigenvalue weighted by Gasteiger charge is -2.10. The first-order valence-electron chi connectivity index (χ1n) is 5.48. The average molecular weight is 257 g/mol. The molecule has 3 N–H and O–H groups in total. The summed E-state index contributed by atoms with van der Waals surface area (Å²) in [6.45, 7) is 0. The van der Waals surface area contributed by atoms with Crippen LogP contribution in [0.25, 0.3) is 0 Å². The molecule has 0 atom stereocenters. The van der Waals surface area contributed by atoms with Gasteiger partial charge in [0.25, 0.3) is 5.91 Å². The van der Waals surface area contributed by atoms with Gasteiger partial charge >= 0.3 is 5.97 Å². The van der Waals surface area contributed by atoms with E-state index in [0.717, 1.165) is 0 Å². The van der Waals surface area contributed by atoms with Crippen molar-refractivity contribution in [2.75, 3.05) is 0 Å². The number of primary amides is 1. The molecule has 0 saturated heterocycles. The minimum atomic E-state index is -1.10. The molecule has 0 radical (unpaired) electrons. The van der Waals surface area contributed by atoms with Crippen molar-refractivity contribution in [3.05, 3.63) is 59.7 Å². The predicted molar refractivity (Wildman–Crippen MR) is 68.4 cm³/mol. The molecule has 0 unspecified atom stereocenters. The van der Waals surface area contributed by atoms with Gasteiger partial charge in [0.15, 0.2) is 0 Å². The van der Waals surface area contributed by atoms with Crippen molar-refractivity contribution in [3.63, 3.8) is 0 Å². The summed E-state index contributed by atoms with van der Waals surface area (Å²) in [5.41, 5.74) is 5.44. The van der Waals surface area contributed by atoms with E-state index in [0.29, 0.717) is 0 Å². The zero-order valence-corrected chi connectivity index (χ0v) is 9.87. The van der Waals surface area contributed by atoms with Gasteiger partial charge in [-0.3, -0.25) is 4.79 Å². The second kappa shape index (κ2) is 5.22. The third-order valence-electron chi connectivity index (χ3n) is 2.49. The van der Waals surface area contributed by atoms with E-state index in [1.807, 2.05) is 0 Å². The molecular weight excluding hydrogens is 246 g/mol. The Bertz CT molecular complexity index is 581. The van der Waals surface area contributed by atoms with Gasteiger partial charge in [0.1, 0.15) is 17.1 Å². The molecule has 0 bridgehead atoms. The van der Waals surface area contributed by atoms with Crippen LogP contribution in [0, 0.1) is 0 Å². The van der Waals surface area contributed by atoms with Crippen LogP contribution in [0.15, 0.2) is 48.5 Å². The lowest BCUT2D eigenvalue weighted by molar-refractivity contribution is 0.0694. The van der Waals surface area contributed by atoms with Crippen LogP contribution in [-0.4, -0.2) is 17.0 Å². The molecule has 1 amide bonds. The summed E-state index contributed by atoms with van der Waals surface area (Å²) >= 11 is 0. The number of nitrogens with two attached hydrogens (primary N) is 1. The molecule has 2 aromatic rings. The minimum absolute atomic E-state index is 0.0155. The average Bonchev–Trinajstić information content (AvgIpc) is 2.39. The van der Waals surface area contributed by atoms with Gasteiger partial charge in [0.05, 0.1) is 5.56 Å². The highest BCUT2D eigenvalue weighted by Gasteiger charge is 2.14. The maximum atomic E-state index is 11.3. The van der Waals surface area contributed by atoms with Gasteiger partial charge < -0.3 is 15.6 Å². The van der Waals surface area contributed by atoms with Crippen LogP contribution in [0.1, 0.15) is 20.7 Å². The summed E-state index contributed by atoms with van der Waals surface area (Å²) in [4.78, 5) is 22.3. The van der Waals surface area contributed by atoms with E-state index in [-0.39, 0.29) is 22.6 Å². The second-order valence-corrected chi connectivity index (χ2v) is 3.76. The molecule has 0 aliphatic carbocycles. The molecule has 0 spiro atoms. The summed E-state index contributed by atoms with van der Waals surface area (Å²) < 4.78 is 5.48. The number of carboxylic acid groups (broad SMARTS) is 1. The van der Waals surface area contributed by atoms with Crippen molar-refractivity contribution >= 4 is 11.9 Å². The Balaban J connectivity index is 2.42. The number of carboxylic acids is 1. The largest absolute Gasteiger partial charge is 0.478 e. The number of carbonyl (C=O) groups excluding carboxylic acids is 1. The molecule has 0 heterocycles. The van der Waals surface area contributed by atoms with Crippen LogP contribution in [0.5, 0.6) is 11.5 Å². The second-order valence-electron chi connectivity index (χ2n) is 3.76. The van der Waals surface area contributed by atoms with Crippen LogP contribution in [-0.2, 0) is 0 Å². The van der Waals surface area contributed by atoms with E-state index in [4.69, 9.17) is 15.6 Å². The normalized spacial score (nSPS) is 9.89. The van der Waals surface area contributed by atoms with Crippen molar-refractivity contribution in [2.24, 2.45) is 5.73 Å². The fourth-order valence-corrected chi connectivity index (χ4v) is 1.61. The first-order valence-corrected chi connectivity index (χ1v) is 5.48. The van der Waals surface area contributed by atoms with E-state index in [1.54, 1.807) is 30.3 Å². The summed E-state index contributed by atoms with van der Waals surface area (Å²) in [5, 5.41) is 9.05. The Kier molecular flexibility index (Phi) is 3.47. The third-order valence-corrected chi connectivity index (χ3v) is 2.49. The Hall–Kier alpha value is -2.82. The first-order chi connectivity index (χ1) is 9.09. The van der Waals surface area contributed by atoms with Crippen LogP contribution >= 0.6 is 0 Å². The highest BCUT2D eigenvalue weighted by atomic mass is 16.5. The number of benzene rings is 2. The number of para-hydroxylation sites is 2. The summed E-state index contributed by atoms with van der Waals surface area (Å²) in [6.07, 6.45) is 0. The SMILES string of the molecule is NC(=O)c1ccccc1Oc1ccccc1C(=O)O. The van der Waals surface area contributed by atoms with Gasteiger partial charge in [-0.2, -0.15) is 0 Å². The molecule has 2 aromatic carbocycles. The minimum Gasteiger partial charge on any atom is -0.478 e. The molecule has 0 saturated carbocycles. The highest BCUT2D eigenvalue weighted by molar-refractivity contribution is 5.96. The summed E-state index contributed by atoms with van der Waals surface area (Å²) in [6, 6.07) is 12.6. The third kappa shape index (κ3) is 2.71. The van der Waals surface area contributed by atoms with Crippen molar-refractivity contribution in [3.8, 4) is 11.5 Å². The lowest BCUT2D eigenvalue weighted by Crippen LogP contribution is -2.12. The number of rotatable bonds is 4. The summed E-state index contributed by atoms with van der Waals surface area (Å²) in [5.74, 6) is -1.36. The maximum Gasteiger partial charge on any atom is 0.339 e. The maximum absolute atomic E-state index is 11.3. The van der Waals surface area contributed by atoms with E-state index in [2.05, 4.69) is 0 Å². The quantitative estimate of drug-likeness (QED) is 0.879. The molecule has 96 valence electrons. The molecule has 5 heteroatoms. The fourth-order valence-electron chi connectivity index (χ4n) is 1.61. The smallest absolute Gasteiger partial charge is 0.339 e. The number of amides is 1.